The first-order chi connectivity index (χ1) is 16.3. The van der Waals surface area contributed by atoms with E-state index in [1.165, 1.54) is 24.3 Å². The first kappa shape index (κ1) is 20.7. The Morgan fingerprint density at radius 2 is 1.59 bits per heavy atom. The van der Waals surface area contributed by atoms with E-state index in [4.69, 9.17) is 0 Å². The number of Topliss-reactive ketones (excluding diaryl/α,β-unsaturated/α-hetero) is 1. The van der Waals surface area contributed by atoms with E-state index >= 15 is 0 Å². The summed E-state index contributed by atoms with van der Waals surface area (Å²) in [6.07, 6.45) is 0. The highest BCUT2D eigenvalue weighted by molar-refractivity contribution is 6.21. The largest absolute Gasteiger partial charge is 0.325 e. The van der Waals surface area contributed by atoms with Gasteiger partial charge in [0.2, 0.25) is 5.91 Å². The van der Waals surface area contributed by atoms with E-state index in [1.54, 1.807) is 25.1 Å². The molecule has 34 heavy (non-hydrogen) atoms. The predicted molar refractivity (Wildman–Crippen MR) is 125 cm³/mol. The van der Waals surface area contributed by atoms with Crippen molar-refractivity contribution >= 4 is 29.0 Å². The van der Waals surface area contributed by atoms with Crippen LogP contribution >= 0.6 is 0 Å². The fourth-order valence-electron chi connectivity index (χ4n) is 6.47. The molecule has 1 fully saturated rings. The molecule has 3 aromatic rings. The summed E-state index contributed by atoms with van der Waals surface area (Å²) >= 11 is 0. The number of likely N-dealkylation sites (tertiary alicyclic amines) is 1. The number of carbonyl (C=O) groups excluding carboxylic acids is 3. The van der Waals surface area contributed by atoms with Crippen molar-refractivity contribution in [2.24, 2.45) is 5.92 Å². The molecule has 3 aromatic carbocycles. The molecule has 1 saturated heterocycles. The van der Waals surface area contributed by atoms with Crippen LogP contribution in [0.15, 0.2) is 72.8 Å². The number of anilines is 2. The number of likely N-dealkylation sites (N-methyl/N-ethyl adjacent to an activating group) is 2. The number of fused-ring (bicyclic) bond motifs is 5. The third kappa shape index (κ3) is 2.20. The van der Waals surface area contributed by atoms with Crippen molar-refractivity contribution in [3.63, 3.8) is 0 Å². The number of benzene rings is 3. The Balaban J connectivity index is 1.69. The molecule has 2 amide bonds. The summed E-state index contributed by atoms with van der Waals surface area (Å²) in [7, 11) is 3.49. The SMILES string of the molecule is CN1C(=O)[C@@]2(c3ccccc31)N(C)C[C@@H](C(=O)c1ccc(F)cc1)[C@]21C(=O)Nc2ccccc21. The molecule has 0 bridgehead atoms. The quantitative estimate of drug-likeness (QED) is 0.602. The molecule has 3 heterocycles. The minimum Gasteiger partial charge on any atom is -0.325 e. The van der Waals surface area contributed by atoms with E-state index < -0.39 is 22.7 Å². The van der Waals surface area contributed by atoms with Crippen molar-refractivity contribution in [1.29, 1.82) is 0 Å². The summed E-state index contributed by atoms with van der Waals surface area (Å²) in [5, 5.41) is 2.96. The second-order valence-corrected chi connectivity index (χ2v) is 9.20. The summed E-state index contributed by atoms with van der Waals surface area (Å²) in [5.41, 5.74) is 0.0386. The normalized spacial score (nSPS) is 27.4. The van der Waals surface area contributed by atoms with Gasteiger partial charge in [0.15, 0.2) is 5.78 Å². The van der Waals surface area contributed by atoms with Gasteiger partial charge in [-0.25, -0.2) is 4.39 Å². The molecular formula is C27H22FN3O3. The van der Waals surface area contributed by atoms with Gasteiger partial charge >= 0.3 is 0 Å². The Morgan fingerprint density at radius 1 is 0.941 bits per heavy atom. The van der Waals surface area contributed by atoms with Crippen LogP contribution in [0.1, 0.15) is 21.5 Å². The molecule has 170 valence electrons. The molecule has 7 heteroatoms. The number of carbonyl (C=O) groups is 3. The lowest BCUT2D eigenvalue weighted by Gasteiger charge is -2.43. The van der Waals surface area contributed by atoms with Gasteiger partial charge in [0.25, 0.3) is 5.91 Å². The van der Waals surface area contributed by atoms with E-state index in [2.05, 4.69) is 5.32 Å². The predicted octanol–water partition coefficient (Wildman–Crippen LogP) is 3.33. The van der Waals surface area contributed by atoms with Crippen LogP contribution in [0, 0.1) is 11.7 Å². The van der Waals surface area contributed by atoms with Crippen LogP contribution in [0.5, 0.6) is 0 Å². The van der Waals surface area contributed by atoms with Crippen LogP contribution in [0.2, 0.25) is 0 Å². The number of rotatable bonds is 2. The van der Waals surface area contributed by atoms with Crippen LogP contribution in [-0.2, 0) is 20.5 Å². The fraction of sp³-hybridized carbons (Fsp3) is 0.222. The third-order valence-electron chi connectivity index (χ3n) is 7.80. The number of para-hydroxylation sites is 2. The Morgan fingerprint density at radius 3 is 2.32 bits per heavy atom. The van der Waals surface area contributed by atoms with E-state index in [9.17, 15) is 18.8 Å². The Labute approximate surface area is 196 Å². The highest BCUT2D eigenvalue weighted by Crippen LogP contribution is 2.64. The molecule has 0 aliphatic carbocycles. The standard InChI is InChI=1S/C27H22FN3O3/c1-30-15-20(23(32)16-11-13-17(28)14-12-16)26(18-7-3-5-9-21(18)29-24(26)33)27(30)19-8-4-6-10-22(19)31(2)25(27)34/h3-14,20H,15H2,1-2H3,(H,29,33)/t20-,26+,27+/m0/s1. The lowest BCUT2D eigenvalue weighted by molar-refractivity contribution is -0.138. The van der Waals surface area contributed by atoms with Gasteiger partial charge in [-0.15, -0.1) is 0 Å². The van der Waals surface area contributed by atoms with Crippen LogP contribution in [0.25, 0.3) is 0 Å². The molecule has 0 unspecified atom stereocenters. The Hall–Kier alpha value is -3.84. The van der Waals surface area contributed by atoms with E-state index in [1.807, 2.05) is 47.4 Å². The second-order valence-electron chi connectivity index (χ2n) is 9.20. The summed E-state index contributed by atoms with van der Waals surface area (Å²) in [6.45, 7) is 0.186. The summed E-state index contributed by atoms with van der Waals surface area (Å²) < 4.78 is 13.6. The van der Waals surface area contributed by atoms with Gasteiger partial charge in [-0.05, 0) is 49.0 Å². The van der Waals surface area contributed by atoms with Crippen LogP contribution in [0.4, 0.5) is 15.8 Å². The van der Waals surface area contributed by atoms with Crippen molar-refractivity contribution in [2.45, 2.75) is 11.0 Å². The number of halogens is 1. The number of nitrogens with zero attached hydrogens (tertiary/aromatic N) is 2. The Kier molecular flexibility index (Phi) is 4.17. The lowest BCUT2D eigenvalue weighted by atomic mass is 9.58. The highest BCUT2D eigenvalue weighted by atomic mass is 19.1. The van der Waals surface area contributed by atoms with E-state index in [-0.39, 0.29) is 24.1 Å². The molecule has 3 aliphatic heterocycles. The van der Waals surface area contributed by atoms with Gasteiger partial charge in [-0.3, -0.25) is 19.3 Å². The minimum atomic E-state index is -1.50. The maximum absolute atomic E-state index is 14.2. The molecule has 3 aliphatic rings. The average Bonchev–Trinajstić information content (AvgIpc) is 3.39. The molecule has 0 saturated carbocycles. The summed E-state index contributed by atoms with van der Waals surface area (Å²) in [4.78, 5) is 45.7. The lowest BCUT2D eigenvalue weighted by Crippen LogP contribution is -2.62. The summed E-state index contributed by atoms with van der Waals surface area (Å²) in [5.74, 6) is -2.24. The summed E-state index contributed by atoms with van der Waals surface area (Å²) in [6, 6.07) is 20.0. The maximum atomic E-state index is 14.2. The van der Waals surface area contributed by atoms with Crippen molar-refractivity contribution < 1.29 is 18.8 Å². The molecule has 6 rings (SSSR count). The molecule has 0 aromatic heterocycles. The molecule has 2 spiro atoms. The number of ketones is 1. The number of nitrogens with one attached hydrogen (secondary N) is 1. The molecule has 6 nitrogen and oxygen atoms in total. The Bertz CT molecular complexity index is 1390. The number of hydrogen-bond donors (Lipinski definition) is 1. The highest BCUT2D eigenvalue weighted by Gasteiger charge is 2.78. The fourth-order valence-corrected chi connectivity index (χ4v) is 6.47. The number of hydrogen-bond acceptors (Lipinski definition) is 4. The zero-order valence-corrected chi connectivity index (χ0v) is 18.7. The van der Waals surface area contributed by atoms with Crippen LogP contribution < -0.4 is 10.2 Å². The minimum absolute atomic E-state index is 0.186. The van der Waals surface area contributed by atoms with Crippen LogP contribution in [-0.4, -0.2) is 43.1 Å². The van der Waals surface area contributed by atoms with Crippen molar-refractivity contribution in [3.8, 4) is 0 Å². The molecule has 1 N–H and O–H groups in total. The smallest absolute Gasteiger partial charge is 0.253 e. The van der Waals surface area contributed by atoms with Crippen LogP contribution in [0.3, 0.4) is 0 Å². The molecule has 3 atom stereocenters. The van der Waals surface area contributed by atoms with Crippen molar-refractivity contribution in [2.75, 3.05) is 30.9 Å². The topological polar surface area (TPSA) is 69.7 Å². The molecule has 0 radical (unpaired) electrons. The zero-order valence-electron chi connectivity index (χ0n) is 18.7. The van der Waals surface area contributed by atoms with Gasteiger partial charge in [0, 0.05) is 36.1 Å². The van der Waals surface area contributed by atoms with Gasteiger partial charge in [0.1, 0.15) is 16.8 Å². The second kappa shape index (κ2) is 6.84. The first-order valence-electron chi connectivity index (χ1n) is 11.1. The van der Waals surface area contributed by atoms with Gasteiger partial charge in [-0.2, -0.15) is 0 Å². The zero-order chi connectivity index (χ0) is 23.8. The van der Waals surface area contributed by atoms with Crippen molar-refractivity contribution in [1.82, 2.24) is 4.90 Å². The van der Waals surface area contributed by atoms with E-state index in [0.29, 0.717) is 28.1 Å². The van der Waals surface area contributed by atoms with Gasteiger partial charge in [0.05, 0.1) is 5.92 Å². The maximum Gasteiger partial charge on any atom is 0.253 e. The van der Waals surface area contributed by atoms with Gasteiger partial charge < -0.3 is 10.2 Å². The van der Waals surface area contributed by atoms with Gasteiger partial charge in [-0.1, -0.05) is 36.4 Å². The monoisotopic (exact) mass is 455 g/mol. The molecular weight excluding hydrogens is 433 g/mol. The number of amides is 2. The van der Waals surface area contributed by atoms with E-state index in [0.717, 1.165) is 0 Å². The average molecular weight is 455 g/mol. The van der Waals surface area contributed by atoms with Crippen molar-refractivity contribution in [3.05, 3.63) is 95.3 Å². The first-order valence-corrected chi connectivity index (χ1v) is 11.1. The third-order valence-corrected chi connectivity index (χ3v) is 7.80.